The summed E-state index contributed by atoms with van der Waals surface area (Å²) < 4.78 is 1.08. The van der Waals surface area contributed by atoms with E-state index in [1.165, 1.54) is 21.9 Å². The molecule has 0 amide bonds. The van der Waals surface area contributed by atoms with Crippen molar-refractivity contribution in [3.63, 3.8) is 0 Å². The Kier molecular flexibility index (Phi) is 4.76. The van der Waals surface area contributed by atoms with Crippen LogP contribution in [0, 0.1) is 6.92 Å². The van der Waals surface area contributed by atoms with Gasteiger partial charge in [0.05, 0.1) is 0 Å². The zero-order valence-electron chi connectivity index (χ0n) is 16.5. The molecule has 0 spiro atoms. The van der Waals surface area contributed by atoms with E-state index in [1.807, 2.05) is 6.92 Å². The average molecular weight is 432 g/mol. The van der Waals surface area contributed by atoms with Crippen molar-refractivity contribution < 1.29 is 0 Å². The molecule has 0 atom stereocenters. The molecule has 140 valence electrons. The van der Waals surface area contributed by atoms with E-state index in [4.69, 9.17) is 4.98 Å². The summed E-state index contributed by atoms with van der Waals surface area (Å²) in [6.45, 7) is 8.27. The van der Waals surface area contributed by atoms with Gasteiger partial charge in [0, 0.05) is 15.5 Å². The van der Waals surface area contributed by atoms with Crippen molar-refractivity contribution in [2.45, 2.75) is 33.1 Å². The lowest BCUT2D eigenvalue weighted by Crippen LogP contribution is -2.18. The van der Waals surface area contributed by atoms with E-state index in [9.17, 15) is 0 Å². The van der Waals surface area contributed by atoms with Crippen LogP contribution in [0.25, 0.3) is 33.3 Å². The van der Waals surface area contributed by atoms with E-state index in [0.29, 0.717) is 0 Å². The summed E-state index contributed by atoms with van der Waals surface area (Å²) in [6, 6.07) is 21.2. The summed E-state index contributed by atoms with van der Waals surface area (Å²) in [4.78, 5) is 13.8. The van der Waals surface area contributed by atoms with Crippen LogP contribution in [0.3, 0.4) is 0 Å². The quantitative estimate of drug-likeness (QED) is 0.353. The highest BCUT2D eigenvalue weighted by atomic mass is 79.9. The number of benzene rings is 3. The Labute approximate surface area is 174 Å². The number of aromatic nitrogens is 3. The van der Waals surface area contributed by atoms with Gasteiger partial charge in [-0.25, -0.2) is 15.0 Å². The van der Waals surface area contributed by atoms with Crippen LogP contribution in [0.15, 0.2) is 65.1 Å². The minimum absolute atomic E-state index is 0.113. The lowest BCUT2D eigenvalue weighted by atomic mass is 9.95. The molecule has 0 aliphatic carbocycles. The van der Waals surface area contributed by atoms with Crippen molar-refractivity contribution >= 4 is 26.7 Å². The topological polar surface area (TPSA) is 38.7 Å². The molecule has 1 heterocycles. The molecule has 0 saturated heterocycles. The van der Waals surface area contributed by atoms with Crippen molar-refractivity contribution in [3.8, 4) is 22.5 Å². The monoisotopic (exact) mass is 431 g/mol. The first-order valence-electron chi connectivity index (χ1n) is 9.33. The Morgan fingerprint density at radius 3 is 2.18 bits per heavy atom. The molecule has 3 nitrogen and oxygen atoms in total. The summed E-state index contributed by atoms with van der Waals surface area (Å²) in [6.07, 6.45) is 0. The third kappa shape index (κ3) is 3.69. The van der Waals surface area contributed by atoms with Gasteiger partial charge in [-0.15, -0.1) is 0 Å². The van der Waals surface area contributed by atoms with Gasteiger partial charge < -0.3 is 0 Å². The predicted octanol–water partition coefficient (Wildman–Crippen LogP) is 6.73. The zero-order valence-corrected chi connectivity index (χ0v) is 18.1. The van der Waals surface area contributed by atoms with E-state index in [1.54, 1.807) is 0 Å². The van der Waals surface area contributed by atoms with Crippen LogP contribution in [-0.4, -0.2) is 15.0 Å². The minimum atomic E-state index is -0.113. The van der Waals surface area contributed by atoms with Crippen molar-refractivity contribution in [2.75, 3.05) is 0 Å². The Morgan fingerprint density at radius 2 is 1.46 bits per heavy atom. The minimum Gasteiger partial charge on any atom is -0.218 e. The van der Waals surface area contributed by atoms with Crippen LogP contribution in [0.1, 0.15) is 32.4 Å². The number of aryl methyl sites for hydroxylation is 1. The Bertz CT molecular complexity index is 1160. The fraction of sp³-hybridized carbons (Fsp3) is 0.208. The van der Waals surface area contributed by atoms with E-state index >= 15 is 0 Å². The molecule has 3 aromatic carbocycles. The third-order valence-electron chi connectivity index (χ3n) is 4.70. The molecule has 4 rings (SSSR count). The van der Waals surface area contributed by atoms with Crippen LogP contribution < -0.4 is 0 Å². The van der Waals surface area contributed by atoms with E-state index in [-0.39, 0.29) is 5.41 Å². The predicted molar refractivity (Wildman–Crippen MR) is 119 cm³/mol. The summed E-state index contributed by atoms with van der Waals surface area (Å²) in [7, 11) is 0. The van der Waals surface area contributed by atoms with Crippen molar-refractivity contribution in [1.82, 2.24) is 15.0 Å². The molecular formula is C24H22BrN3. The fourth-order valence-electron chi connectivity index (χ4n) is 3.26. The van der Waals surface area contributed by atoms with Crippen LogP contribution in [0.5, 0.6) is 0 Å². The number of nitrogens with zero attached hydrogens (tertiary/aromatic N) is 3. The number of halogens is 1. The highest BCUT2D eigenvalue weighted by Gasteiger charge is 2.19. The molecule has 0 N–H and O–H groups in total. The smallest absolute Gasteiger partial charge is 0.163 e. The third-order valence-corrected chi connectivity index (χ3v) is 5.16. The Hall–Kier alpha value is -2.59. The molecule has 0 bridgehead atoms. The summed E-state index contributed by atoms with van der Waals surface area (Å²) in [5, 5.41) is 2.46. The first kappa shape index (κ1) is 18.8. The Balaban J connectivity index is 1.78. The molecule has 1 aromatic heterocycles. The molecule has 28 heavy (non-hydrogen) atoms. The van der Waals surface area contributed by atoms with Gasteiger partial charge in [-0.1, -0.05) is 85.2 Å². The lowest BCUT2D eigenvalue weighted by Gasteiger charge is -2.17. The number of rotatable bonds is 2. The van der Waals surface area contributed by atoms with Crippen LogP contribution >= 0.6 is 15.9 Å². The van der Waals surface area contributed by atoms with Gasteiger partial charge in [0.15, 0.2) is 5.82 Å². The fourth-order valence-corrected chi connectivity index (χ4v) is 3.73. The molecule has 0 radical (unpaired) electrons. The second-order valence-corrected chi connectivity index (χ2v) is 8.95. The lowest BCUT2D eigenvalue weighted by molar-refractivity contribution is 0.539. The maximum Gasteiger partial charge on any atom is 0.163 e. The van der Waals surface area contributed by atoms with Gasteiger partial charge in [0.1, 0.15) is 11.6 Å². The maximum atomic E-state index is 4.71. The van der Waals surface area contributed by atoms with E-state index in [2.05, 4.69) is 107 Å². The van der Waals surface area contributed by atoms with Crippen LogP contribution in [-0.2, 0) is 5.41 Å². The largest absolute Gasteiger partial charge is 0.218 e. The number of fused-ring (bicyclic) bond motifs is 1. The SMILES string of the molecule is Cc1nc(-c2ccc(-c3cc(Br)cc4ccccc34)cc2)nc(C(C)(C)C)n1. The molecule has 4 heteroatoms. The Morgan fingerprint density at radius 1 is 0.786 bits per heavy atom. The zero-order chi connectivity index (χ0) is 19.9. The molecule has 4 aromatic rings. The van der Waals surface area contributed by atoms with Gasteiger partial charge in [-0.2, -0.15) is 0 Å². The maximum absolute atomic E-state index is 4.71. The molecule has 0 fully saturated rings. The van der Waals surface area contributed by atoms with Crippen LogP contribution in [0.2, 0.25) is 0 Å². The van der Waals surface area contributed by atoms with E-state index in [0.717, 1.165) is 27.5 Å². The first-order valence-corrected chi connectivity index (χ1v) is 10.1. The second-order valence-electron chi connectivity index (χ2n) is 8.03. The number of hydrogen-bond donors (Lipinski definition) is 0. The summed E-state index contributed by atoms with van der Waals surface area (Å²) in [5.74, 6) is 2.29. The summed E-state index contributed by atoms with van der Waals surface area (Å²) in [5.41, 5.74) is 3.26. The highest BCUT2D eigenvalue weighted by Crippen LogP contribution is 2.33. The standard InChI is InChI=1S/C24H22BrN3/c1-15-26-22(28-23(27-15)24(2,3)4)17-11-9-16(10-12-17)21-14-19(25)13-18-7-5-6-8-20(18)21/h5-14H,1-4H3. The van der Waals surface area contributed by atoms with Crippen molar-refractivity contribution in [2.24, 2.45) is 0 Å². The number of hydrogen-bond acceptors (Lipinski definition) is 3. The summed E-state index contributed by atoms with van der Waals surface area (Å²) >= 11 is 3.64. The normalized spacial score (nSPS) is 11.8. The molecule has 0 aliphatic rings. The first-order chi connectivity index (χ1) is 13.3. The van der Waals surface area contributed by atoms with Crippen molar-refractivity contribution in [1.29, 1.82) is 0 Å². The van der Waals surface area contributed by atoms with Gasteiger partial charge >= 0.3 is 0 Å². The van der Waals surface area contributed by atoms with E-state index < -0.39 is 0 Å². The van der Waals surface area contributed by atoms with Gasteiger partial charge in [0.2, 0.25) is 0 Å². The molecule has 0 saturated carbocycles. The molecule has 0 unspecified atom stereocenters. The van der Waals surface area contributed by atoms with Crippen LogP contribution in [0.4, 0.5) is 0 Å². The highest BCUT2D eigenvalue weighted by molar-refractivity contribution is 9.10. The second kappa shape index (κ2) is 7.10. The molecule has 0 aliphatic heterocycles. The van der Waals surface area contributed by atoms with Gasteiger partial charge in [-0.05, 0) is 41.0 Å². The van der Waals surface area contributed by atoms with Crippen molar-refractivity contribution in [3.05, 3.63) is 76.8 Å². The van der Waals surface area contributed by atoms with Gasteiger partial charge in [-0.3, -0.25) is 0 Å². The van der Waals surface area contributed by atoms with Gasteiger partial charge in [0.25, 0.3) is 0 Å². The molecular weight excluding hydrogens is 410 g/mol. The average Bonchev–Trinajstić information content (AvgIpc) is 2.66.